The predicted molar refractivity (Wildman–Crippen MR) is 303 cm³/mol. The Hall–Kier alpha value is -6.47. The van der Waals surface area contributed by atoms with Crippen LogP contribution in [-0.4, -0.2) is 16.4 Å². The summed E-state index contributed by atoms with van der Waals surface area (Å²) in [5.74, 6) is 0. The van der Waals surface area contributed by atoms with Gasteiger partial charge in [0.05, 0.1) is 21.3 Å². The Balaban J connectivity index is 1.17. The second-order valence-electron chi connectivity index (χ2n) is 23.8. The molecule has 11 aromatic rings. The number of thiazole rings is 1. The van der Waals surface area contributed by atoms with Crippen LogP contribution in [-0.2, 0) is 21.7 Å². The van der Waals surface area contributed by atoms with Gasteiger partial charge in [-0.1, -0.05) is 147 Å². The van der Waals surface area contributed by atoms with Crippen LogP contribution >= 0.6 is 22.7 Å². The molecule has 5 heterocycles. The molecule has 4 aliphatic rings. The Morgan fingerprint density at radius 2 is 1.30 bits per heavy atom. The lowest BCUT2D eigenvalue weighted by molar-refractivity contribution is 0.332. The van der Waals surface area contributed by atoms with Gasteiger partial charge in [0.15, 0.2) is 0 Å². The van der Waals surface area contributed by atoms with E-state index in [2.05, 4.69) is 211 Å². The van der Waals surface area contributed by atoms with E-state index in [1.165, 1.54) is 138 Å². The van der Waals surface area contributed by atoms with E-state index < -0.39 is 0 Å². The summed E-state index contributed by atoms with van der Waals surface area (Å²) < 4.78 is 6.69. The molecule has 0 radical (unpaired) electrons. The highest BCUT2D eigenvalue weighted by molar-refractivity contribution is 7.27. The van der Waals surface area contributed by atoms with Crippen molar-refractivity contribution in [2.24, 2.45) is 0 Å². The van der Waals surface area contributed by atoms with E-state index in [0.717, 1.165) is 16.1 Å². The number of thiophene rings is 1. The van der Waals surface area contributed by atoms with Crippen molar-refractivity contribution in [2.75, 3.05) is 4.81 Å². The van der Waals surface area contributed by atoms with Gasteiger partial charge in [0, 0.05) is 64.5 Å². The lowest BCUT2D eigenvalue weighted by Crippen LogP contribution is -2.60. The fourth-order valence-electron chi connectivity index (χ4n) is 13.6. The molecule has 340 valence electrons. The first-order valence-corrected chi connectivity index (χ1v) is 26.9. The third-order valence-electron chi connectivity index (χ3n) is 17.4. The monoisotopic (exact) mass is 939 g/mol. The highest BCUT2D eigenvalue weighted by Gasteiger charge is 2.48. The van der Waals surface area contributed by atoms with Gasteiger partial charge in [-0.25, -0.2) is 4.98 Å². The first-order chi connectivity index (χ1) is 33.6. The molecule has 0 amide bonds. The summed E-state index contributed by atoms with van der Waals surface area (Å²) in [6.07, 6.45) is 2.34. The first-order valence-electron chi connectivity index (χ1n) is 25.3. The van der Waals surface area contributed by atoms with Gasteiger partial charge in [0.25, 0.3) is 0 Å². The van der Waals surface area contributed by atoms with Crippen molar-refractivity contribution in [3.8, 4) is 38.5 Å². The summed E-state index contributed by atoms with van der Waals surface area (Å²) in [6.45, 7) is 21.6. The van der Waals surface area contributed by atoms with E-state index in [1.807, 2.05) is 22.7 Å². The third kappa shape index (κ3) is 5.29. The van der Waals surface area contributed by atoms with Gasteiger partial charge in [-0.2, -0.15) is 0 Å². The number of aromatic nitrogens is 2. The molecule has 8 aromatic carbocycles. The van der Waals surface area contributed by atoms with Crippen molar-refractivity contribution in [3.05, 3.63) is 167 Å². The van der Waals surface area contributed by atoms with Crippen molar-refractivity contribution in [1.82, 2.24) is 9.55 Å². The van der Waals surface area contributed by atoms with Crippen molar-refractivity contribution in [1.29, 1.82) is 0 Å². The zero-order valence-electron chi connectivity index (χ0n) is 41.4. The molecule has 0 saturated carbocycles. The predicted octanol–water partition coefficient (Wildman–Crippen LogP) is 16.6. The van der Waals surface area contributed by atoms with Crippen LogP contribution in [0, 0.1) is 0 Å². The van der Waals surface area contributed by atoms with Gasteiger partial charge in [0.1, 0.15) is 5.01 Å². The van der Waals surface area contributed by atoms with Crippen LogP contribution in [0.25, 0.3) is 90.7 Å². The highest BCUT2D eigenvalue weighted by Crippen LogP contribution is 2.58. The van der Waals surface area contributed by atoms with Crippen LogP contribution in [0.4, 0.5) is 11.4 Å². The molecule has 0 fully saturated rings. The number of nitrogens with zero attached hydrogens (tertiary/aromatic N) is 3. The number of benzene rings is 8. The van der Waals surface area contributed by atoms with Crippen LogP contribution in [0.1, 0.15) is 103 Å². The van der Waals surface area contributed by atoms with E-state index >= 15 is 0 Å². The zero-order valence-corrected chi connectivity index (χ0v) is 43.1. The molecule has 0 spiro atoms. The van der Waals surface area contributed by atoms with Gasteiger partial charge in [-0.15, -0.1) is 22.7 Å². The summed E-state index contributed by atoms with van der Waals surface area (Å²) >= 11 is 3.81. The van der Waals surface area contributed by atoms with E-state index in [1.54, 1.807) is 0 Å². The van der Waals surface area contributed by atoms with Crippen LogP contribution in [0.5, 0.6) is 0 Å². The smallest absolute Gasteiger partial charge is 0.333 e. The van der Waals surface area contributed by atoms with E-state index in [4.69, 9.17) is 4.98 Å². The minimum atomic E-state index is -0.166. The Bertz CT molecular complexity index is 4140. The van der Waals surface area contributed by atoms with E-state index in [-0.39, 0.29) is 28.5 Å². The number of fused-ring (bicyclic) bond motifs is 18. The summed E-state index contributed by atoms with van der Waals surface area (Å²) in [6, 6.07) is 54.2. The first kappa shape index (κ1) is 41.3. The van der Waals surface area contributed by atoms with E-state index in [9.17, 15) is 0 Å². The summed E-state index contributed by atoms with van der Waals surface area (Å²) in [5, 5.41) is 6.57. The molecular formula is C64H54BN3S2. The van der Waals surface area contributed by atoms with Gasteiger partial charge in [0.2, 0.25) is 0 Å². The molecule has 70 heavy (non-hydrogen) atoms. The van der Waals surface area contributed by atoms with Crippen LogP contribution < -0.4 is 15.7 Å². The molecule has 6 heteroatoms. The molecule has 0 N–H and O–H groups in total. The molecule has 0 atom stereocenters. The minimum absolute atomic E-state index is 0.0200. The Morgan fingerprint density at radius 1 is 0.586 bits per heavy atom. The summed E-state index contributed by atoms with van der Waals surface area (Å²) in [7, 11) is 0. The molecule has 2 aliphatic heterocycles. The lowest BCUT2D eigenvalue weighted by Gasteiger charge is -2.43. The number of rotatable bonds is 2. The second-order valence-corrected chi connectivity index (χ2v) is 25.8. The van der Waals surface area contributed by atoms with Crippen molar-refractivity contribution >= 4 is 104 Å². The normalized spacial score (nSPS) is 16.8. The number of hydrogen-bond donors (Lipinski definition) is 0. The molecule has 2 aliphatic carbocycles. The molecule has 3 nitrogen and oxygen atoms in total. The van der Waals surface area contributed by atoms with Crippen molar-refractivity contribution in [2.45, 2.75) is 96.8 Å². The molecule has 0 unspecified atom stereocenters. The maximum absolute atomic E-state index is 5.49. The van der Waals surface area contributed by atoms with Crippen molar-refractivity contribution in [3.63, 3.8) is 0 Å². The molecule has 0 saturated heterocycles. The van der Waals surface area contributed by atoms with Crippen LogP contribution in [0.2, 0.25) is 0 Å². The third-order valence-corrected chi connectivity index (χ3v) is 19.7. The van der Waals surface area contributed by atoms with E-state index in [0.29, 0.717) is 0 Å². The van der Waals surface area contributed by atoms with Crippen molar-refractivity contribution < 1.29 is 0 Å². The Kier molecular flexibility index (Phi) is 7.96. The maximum Gasteiger partial charge on any atom is 0.333 e. The van der Waals surface area contributed by atoms with Gasteiger partial charge >= 0.3 is 6.85 Å². The molecule has 3 aromatic heterocycles. The lowest BCUT2D eigenvalue weighted by atomic mass is 9.43. The molecular weight excluding hydrogens is 886 g/mol. The number of hydrogen-bond acceptors (Lipinski definition) is 4. The SMILES string of the molecule is CC(C)(C)c1ccc(N2B3c4cc5nc(-c6ccccc6)sc5cc4-n4c5cc6c(cc5c5c7sc8ccccc8c7c(c3c54)-c3cc4c(cc32)-c2ccccc2C4(C)C)C(C)(C)CCC6(C)C)cc1. The second kappa shape index (κ2) is 13.5. The largest absolute Gasteiger partial charge is 0.376 e. The summed E-state index contributed by atoms with van der Waals surface area (Å²) in [5.41, 5.74) is 23.8. The quantitative estimate of drug-likeness (QED) is 0.161. The maximum atomic E-state index is 5.49. The van der Waals surface area contributed by atoms with Gasteiger partial charge < -0.3 is 9.38 Å². The van der Waals surface area contributed by atoms with Crippen LogP contribution in [0.15, 0.2) is 140 Å². The highest BCUT2D eigenvalue weighted by atomic mass is 32.1. The zero-order chi connectivity index (χ0) is 47.5. The molecule has 15 rings (SSSR count). The Labute approximate surface area is 418 Å². The summed E-state index contributed by atoms with van der Waals surface area (Å²) in [4.78, 5) is 8.23. The Morgan fingerprint density at radius 3 is 2.07 bits per heavy atom. The fraction of sp³-hybridized carbons (Fsp3) is 0.234. The number of anilines is 2. The average Bonchev–Trinajstić information content (AvgIpc) is 4.10. The topological polar surface area (TPSA) is 21.1 Å². The van der Waals surface area contributed by atoms with Gasteiger partial charge in [-0.05, 0) is 139 Å². The average molecular weight is 940 g/mol. The van der Waals surface area contributed by atoms with Gasteiger partial charge in [-0.3, -0.25) is 0 Å². The fourth-order valence-corrected chi connectivity index (χ4v) is 15.8. The standard InChI is InChI=1S/C64H54BN3S2/c1-61(2,3)36-23-25-37(26-24-36)68-50-31-40-38-19-13-15-21-43(38)64(8,9)44(40)29-42(50)54-55-39-20-14-16-22-52(39)69-59(55)56-41-30-45-46(63(6,7)28-27-62(45,4)5)32-49(41)67-51-34-53-48(33-47(51)65(68)57(54)58(56)67)66-60(70-53)35-17-11-10-12-18-35/h10-26,29-34H,27-28H2,1-9H3. The minimum Gasteiger partial charge on any atom is -0.376 e. The van der Waals surface area contributed by atoms with Crippen LogP contribution in [0.3, 0.4) is 0 Å². The molecule has 0 bridgehead atoms.